The van der Waals surface area contributed by atoms with Crippen molar-refractivity contribution in [3.8, 4) is 0 Å². The molecule has 20 heavy (non-hydrogen) atoms. The Kier molecular flexibility index (Phi) is 7.40. The molecule has 0 aliphatic rings. The summed E-state index contributed by atoms with van der Waals surface area (Å²) in [7, 11) is 0. The van der Waals surface area contributed by atoms with Gasteiger partial charge in [-0.1, -0.05) is 33.6 Å². The average Bonchev–Trinajstić information content (AvgIpc) is 2.37. The number of aliphatic carboxylic acids is 1. The van der Waals surface area contributed by atoms with Gasteiger partial charge in [0, 0.05) is 29.0 Å². The van der Waals surface area contributed by atoms with Crippen molar-refractivity contribution < 1.29 is 14.7 Å². The van der Waals surface area contributed by atoms with E-state index in [0.717, 1.165) is 10.0 Å². The summed E-state index contributed by atoms with van der Waals surface area (Å²) in [6, 6.07) is 5.30. The van der Waals surface area contributed by atoms with Crippen LogP contribution in [-0.2, 0) is 11.2 Å². The zero-order valence-electron chi connectivity index (χ0n) is 10.8. The van der Waals surface area contributed by atoms with Crippen LogP contribution < -0.4 is 10.6 Å². The Morgan fingerprint density at radius 3 is 2.60 bits per heavy atom. The van der Waals surface area contributed by atoms with Gasteiger partial charge in [0.1, 0.15) is 0 Å². The average molecular weight is 364 g/mol. The van der Waals surface area contributed by atoms with Gasteiger partial charge in [-0.2, -0.15) is 0 Å². The third kappa shape index (κ3) is 6.77. The third-order valence-corrected chi connectivity index (χ3v) is 3.39. The molecule has 1 rings (SSSR count). The lowest BCUT2D eigenvalue weighted by molar-refractivity contribution is -0.137. The first kappa shape index (κ1) is 16.8. The number of urea groups is 1. The van der Waals surface area contributed by atoms with Gasteiger partial charge in [-0.05, 0) is 30.5 Å². The summed E-state index contributed by atoms with van der Waals surface area (Å²) < 4.78 is 0.912. The Balaban J connectivity index is 2.20. The Morgan fingerprint density at radius 2 is 1.95 bits per heavy atom. The summed E-state index contributed by atoms with van der Waals surface area (Å²) in [6.45, 7) is 0.809. The van der Waals surface area contributed by atoms with E-state index in [4.69, 9.17) is 16.7 Å². The molecular formula is C13H16BrClN2O3. The highest BCUT2D eigenvalue weighted by Gasteiger charge is 2.03. The molecule has 3 N–H and O–H groups in total. The molecule has 1 aromatic rings. The number of amides is 2. The Morgan fingerprint density at radius 1 is 1.25 bits per heavy atom. The minimum Gasteiger partial charge on any atom is -0.481 e. The van der Waals surface area contributed by atoms with Crippen LogP contribution in [0.1, 0.15) is 18.4 Å². The van der Waals surface area contributed by atoms with E-state index >= 15 is 0 Å². The molecule has 0 atom stereocenters. The van der Waals surface area contributed by atoms with E-state index in [1.54, 1.807) is 0 Å². The third-order valence-electron chi connectivity index (χ3n) is 2.55. The van der Waals surface area contributed by atoms with Crippen LogP contribution in [0.3, 0.4) is 0 Å². The topological polar surface area (TPSA) is 78.4 Å². The van der Waals surface area contributed by atoms with Crippen molar-refractivity contribution in [3.63, 3.8) is 0 Å². The van der Waals surface area contributed by atoms with Gasteiger partial charge < -0.3 is 15.7 Å². The number of carboxylic acids is 1. The molecule has 0 aromatic heterocycles. The van der Waals surface area contributed by atoms with Crippen molar-refractivity contribution in [1.29, 1.82) is 0 Å². The lowest BCUT2D eigenvalue weighted by atomic mass is 10.1. The van der Waals surface area contributed by atoms with E-state index in [9.17, 15) is 9.59 Å². The molecule has 5 nitrogen and oxygen atoms in total. The number of halogens is 2. The molecule has 7 heteroatoms. The zero-order chi connectivity index (χ0) is 15.0. The first-order valence-corrected chi connectivity index (χ1v) is 7.33. The van der Waals surface area contributed by atoms with E-state index < -0.39 is 5.97 Å². The molecular weight excluding hydrogens is 348 g/mol. The van der Waals surface area contributed by atoms with Crippen LogP contribution in [0.25, 0.3) is 0 Å². The molecule has 0 saturated heterocycles. The summed E-state index contributed by atoms with van der Waals surface area (Å²) in [6.07, 6.45) is 1.10. The largest absolute Gasteiger partial charge is 0.481 e. The number of hydrogen-bond acceptors (Lipinski definition) is 2. The molecule has 0 aliphatic carbocycles. The van der Waals surface area contributed by atoms with E-state index in [2.05, 4.69) is 26.6 Å². The highest BCUT2D eigenvalue weighted by molar-refractivity contribution is 9.10. The smallest absolute Gasteiger partial charge is 0.314 e. The van der Waals surface area contributed by atoms with E-state index in [1.807, 2.05) is 18.2 Å². The Bertz CT molecular complexity index is 483. The molecule has 0 radical (unpaired) electrons. The fraction of sp³-hybridized carbons (Fsp3) is 0.385. The van der Waals surface area contributed by atoms with Crippen LogP contribution in [0.2, 0.25) is 5.02 Å². The maximum Gasteiger partial charge on any atom is 0.314 e. The van der Waals surface area contributed by atoms with Crippen LogP contribution >= 0.6 is 27.5 Å². The van der Waals surface area contributed by atoms with Crippen molar-refractivity contribution in [2.45, 2.75) is 19.3 Å². The van der Waals surface area contributed by atoms with E-state index in [-0.39, 0.29) is 12.5 Å². The SMILES string of the molecule is O=C(O)CCCNC(=O)NCCc1ccc(Br)cc1Cl. The normalized spacial score (nSPS) is 10.1. The van der Waals surface area contributed by atoms with Gasteiger partial charge in [0.15, 0.2) is 0 Å². The van der Waals surface area contributed by atoms with Gasteiger partial charge in [0.05, 0.1) is 0 Å². The van der Waals surface area contributed by atoms with Gasteiger partial charge in [-0.25, -0.2) is 4.79 Å². The lowest BCUT2D eigenvalue weighted by Crippen LogP contribution is -2.37. The maximum atomic E-state index is 11.4. The van der Waals surface area contributed by atoms with Gasteiger partial charge in [-0.15, -0.1) is 0 Å². The minimum atomic E-state index is -0.864. The first-order valence-electron chi connectivity index (χ1n) is 6.16. The van der Waals surface area contributed by atoms with Gasteiger partial charge >= 0.3 is 12.0 Å². The second kappa shape index (κ2) is 8.81. The first-order chi connectivity index (χ1) is 9.49. The van der Waals surface area contributed by atoms with Gasteiger partial charge in [0.2, 0.25) is 0 Å². The van der Waals surface area contributed by atoms with Crippen LogP contribution in [0.5, 0.6) is 0 Å². The summed E-state index contributed by atoms with van der Waals surface area (Å²) >= 11 is 9.39. The van der Waals surface area contributed by atoms with Gasteiger partial charge in [0.25, 0.3) is 0 Å². The molecule has 2 amide bonds. The van der Waals surface area contributed by atoms with Crippen LogP contribution in [0.4, 0.5) is 4.79 Å². The molecule has 0 unspecified atom stereocenters. The van der Waals surface area contributed by atoms with E-state index in [1.165, 1.54) is 0 Å². The molecule has 1 aromatic carbocycles. The zero-order valence-corrected chi connectivity index (χ0v) is 13.1. The monoisotopic (exact) mass is 362 g/mol. The number of carboxylic acid groups (broad SMARTS) is 1. The second-order valence-corrected chi connectivity index (χ2v) is 5.49. The highest BCUT2D eigenvalue weighted by atomic mass is 79.9. The molecule has 0 heterocycles. The van der Waals surface area contributed by atoms with Crippen LogP contribution in [0.15, 0.2) is 22.7 Å². The van der Waals surface area contributed by atoms with Crippen molar-refractivity contribution in [2.24, 2.45) is 0 Å². The number of hydrogen-bond donors (Lipinski definition) is 3. The van der Waals surface area contributed by atoms with Crippen LogP contribution in [0, 0.1) is 0 Å². The number of nitrogens with one attached hydrogen (secondary N) is 2. The van der Waals surface area contributed by atoms with Gasteiger partial charge in [-0.3, -0.25) is 4.79 Å². The Labute approximate surface area is 130 Å². The lowest BCUT2D eigenvalue weighted by Gasteiger charge is -2.08. The molecule has 0 fully saturated rings. The summed E-state index contributed by atoms with van der Waals surface area (Å²) in [5.41, 5.74) is 0.959. The summed E-state index contributed by atoms with van der Waals surface area (Å²) in [4.78, 5) is 21.7. The predicted octanol–water partition coefficient (Wildman–Crippen LogP) is 2.81. The van der Waals surface area contributed by atoms with E-state index in [0.29, 0.717) is 31.0 Å². The number of carbonyl (C=O) groups excluding carboxylic acids is 1. The van der Waals surface area contributed by atoms with Crippen molar-refractivity contribution in [2.75, 3.05) is 13.1 Å². The molecule has 0 spiro atoms. The fourth-order valence-corrected chi connectivity index (χ4v) is 2.31. The maximum absolute atomic E-state index is 11.4. The number of rotatable bonds is 7. The number of benzene rings is 1. The summed E-state index contributed by atoms with van der Waals surface area (Å²) in [5.74, 6) is -0.864. The molecule has 0 saturated carbocycles. The summed E-state index contributed by atoms with van der Waals surface area (Å²) in [5, 5.41) is 14.4. The predicted molar refractivity (Wildman–Crippen MR) is 81.1 cm³/mol. The van der Waals surface area contributed by atoms with Crippen molar-refractivity contribution in [3.05, 3.63) is 33.3 Å². The standard InChI is InChI=1S/C13H16BrClN2O3/c14-10-4-3-9(11(15)8-10)5-7-17-13(20)16-6-1-2-12(18)19/h3-4,8H,1-2,5-7H2,(H,18,19)(H2,16,17,20). The van der Waals surface area contributed by atoms with Crippen molar-refractivity contribution in [1.82, 2.24) is 10.6 Å². The fourth-order valence-electron chi connectivity index (χ4n) is 1.54. The molecule has 0 bridgehead atoms. The Hall–Kier alpha value is -1.27. The van der Waals surface area contributed by atoms with Crippen molar-refractivity contribution >= 4 is 39.5 Å². The molecule has 110 valence electrons. The highest BCUT2D eigenvalue weighted by Crippen LogP contribution is 2.21. The molecule has 0 aliphatic heterocycles. The quantitative estimate of drug-likeness (QED) is 0.652. The second-order valence-electron chi connectivity index (χ2n) is 4.17. The van der Waals surface area contributed by atoms with Crippen LogP contribution in [-0.4, -0.2) is 30.2 Å². The number of carbonyl (C=O) groups is 2. The minimum absolute atomic E-state index is 0.0504.